The largest absolute Gasteiger partial charge is 0.489 e. The second-order valence-corrected chi connectivity index (χ2v) is 10.2. The lowest BCUT2D eigenvalue weighted by atomic mass is 9.95. The number of halogens is 1. The molecule has 0 fully saturated rings. The Morgan fingerprint density at radius 1 is 1.14 bits per heavy atom. The van der Waals surface area contributed by atoms with E-state index in [4.69, 9.17) is 19.4 Å². The molecule has 0 amide bonds. The number of rotatable bonds is 8. The molecule has 0 saturated carbocycles. The number of benzene rings is 3. The Kier molecular flexibility index (Phi) is 9.04. The molecule has 0 atom stereocenters. The molecule has 0 unspecified atom stereocenters. The lowest BCUT2D eigenvalue weighted by Crippen LogP contribution is -2.27. The van der Waals surface area contributed by atoms with Crippen LogP contribution in [-0.4, -0.2) is 31.1 Å². The van der Waals surface area contributed by atoms with Gasteiger partial charge in [-0.3, -0.25) is 4.55 Å². The first-order valence-corrected chi connectivity index (χ1v) is 12.9. The molecule has 8 nitrogen and oxygen atoms in total. The number of nitrogens with zero attached hydrogens (tertiary/aromatic N) is 1. The average molecular weight is 528 g/mol. The average Bonchev–Trinajstić information content (AvgIpc) is 3.26. The van der Waals surface area contributed by atoms with Crippen LogP contribution in [0.1, 0.15) is 25.0 Å². The zero-order chi connectivity index (χ0) is 27.1. The second-order valence-electron chi connectivity index (χ2n) is 8.81. The first-order valence-electron chi connectivity index (χ1n) is 11.4. The number of fused-ring (bicyclic) bond motifs is 1. The summed E-state index contributed by atoms with van der Waals surface area (Å²) in [5.41, 5.74) is 8.84. The Morgan fingerprint density at radius 3 is 2.41 bits per heavy atom. The van der Waals surface area contributed by atoms with Crippen molar-refractivity contribution >= 4 is 27.2 Å². The lowest BCUT2D eigenvalue weighted by molar-refractivity contribution is 0.347. The Hall–Kier alpha value is -3.73. The van der Waals surface area contributed by atoms with Crippen LogP contribution in [0.15, 0.2) is 94.0 Å². The van der Waals surface area contributed by atoms with E-state index in [1.165, 1.54) is 12.1 Å². The van der Waals surface area contributed by atoms with E-state index in [2.05, 4.69) is 36.3 Å². The highest BCUT2D eigenvalue weighted by Gasteiger charge is 2.22. The molecule has 4 N–H and O–H groups in total. The van der Waals surface area contributed by atoms with Crippen molar-refractivity contribution in [3.05, 3.63) is 95.8 Å². The Morgan fingerprint density at radius 2 is 1.81 bits per heavy atom. The van der Waals surface area contributed by atoms with E-state index in [1.54, 1.807) is 30.3 Å². The van der Waals surface area contributed by atoms with Crippen LogP contribution in [0.3, 0.4) is 0 Å². The van der Waals surface area contributed by atoms with E-state index in [1.807, 2.05) is 25.1 Å². The van der Waals surface area contributed by atoms with Crippen molar-refractivity contribution in [3.63, 3.8) is 0 Å². The highest BCUT2D eigenvalue weighted by Crippen LogP contribution is 2.29. The number of aryl methyl sites for hydroxylation is 1. The van der Waals surface area contributed by atoms with Crippen LogP contribution in [0.4, 0.5) is 10.4 Å². The minimum atomic E-state index is -4.02. The Bertz CT molecular complexity index is 1450. The van der Waals surface area contributed by atoms with E-state index in [-0.39, 0.29) is 23.6 Å². The Labute approximate surface area is 215 Å². The van der Waals surface area contributed by atoms with E-state index >= 15 is 0 Å². The summed E-state index contributed by atoms with van der Waals surface area (Å²) < 4.78 is 53.5. The number of nitrogens with two attached hydrogens (primary N) is 1. The molecule has 0 aliphatic rings. The van der Waals surface area contributed by atoms with Gasteiger partial charge in [-0.25, -0.2) is 4.39 Å². The van der Waals surface area contributed by atoms with E-state index in [0.29, 0.717) is 34.8 Å². The summed E-state index contributed by atoms with van der Waals surface area (Å²) in [4.78, 5) is 4.40. The second kappa shape index (κ2) is 12.0. The molecule has 0 aliphatic heterocycles. The van der Waals surface area contributed by atoms with Gasteiger partial charge in [-0.15, -0.1) is 0 Å². The number of nitrogens with one attached hydrogen (secondary N) is 1. The number of anilines is 1. The van der Waals surface area contributed by atoms with Crippen LogP contribution < -0.4 is 15.8 Å². The number of hydrogen-bond acceptors (Lipinski definition) is 7. The quantitative estimate of drug-likeness (QED) is 0.252. The topological polar surface area (TPSA) is 128 Å². The molecule has 4 aromatic rings. The summed E-state index contributed by atoms with van der Waals surface area (Å²) in [6.07, 6.45) is 0.473. The van der Waals surface area contributed by atoms with Gasteiger partial charge in [0, 0.05) is 18.2 Å². The highest BCUT2D eigenvalue weighted by atomic mass is 32.2. The number of ether oxygens (including phenoxy) is 1. The molecule has 0 saturated heterocycles. The summed E-state index contributed by atoms with van der Waals surface area (Å²) in [7, 11) is -4.02. The molecule has 3 aromatic carbocycles. The molecule has 10 heteroatoms. The maximum absolute atomic E-state index is 12.6. The van der Waals surface area contributed by atoms with Gasteiger partial charge >= 0.3 is 0 Å². The molecule has 196 valence electrons. The van der Waals surface area contributed by atoms with Gasteiger partial charge in [0.05, 0.1) is 16.8 Å². The summed E-state index contributed by atoms with van der Waals surface area (Å²) in [5.74, 6) is 0.565. The van der Waals surface area contributed by atoms with Crippen molar-refractivity contribution in [3.8, 4) is 5.75 Å². The van der Waals surface area contributed by atoms with Crippen molar-refractivity contribution in [2.24, 2.45) is 5.73 Å². The summed E-state index contributed by atoms with van der Waals surface area (Å²) >= 11 is 0. The van der Waals surface area contributed by atoms with Crippen LogP contribution in [-0.2, 0) is 15.7 Å². The van der Waals surface area contributed by atoms with Gasteiger partial charge in [0.1, 0.15) is 17.9 Å². The maximum atomic E-state index is 12.6. The number of oxazole rings is 1. The molecule has 0 bridgehead atoms. The maximum Gasteiger partial charge on any atom is 0.296 e. The zero-order valence-electron chi connectivity index (χ0n) is 20.8. The predicted octanol–water partition coefficient (Wildman–Crippen LogP) is 5.61. The van der Waals surface area contributed by atoms with Crippen molar-refractivity contribution in [2.75, 3.05) is 18.5 Å². The van der Waals surface area contributed by atoms with Gasteiger partial charge in [-0.1, -0.05) is 48.0 Å². The van der Waals surface area contributed by atoms with Crippen molar-refractivity contribution in [2.45, 2.75) is 31.2 Å². The minimum absolute atomic E-state index is 0.0666. The van der Waals surface area contributed by atoms with Crippen LogP contribution >= 0.6 is 0 Å². The van der Waals surface area contributed by atoms with E-state index < -0.39 is 10.1 Å². The fourth-order valence-electron chi connectivity index (χ4n) is 3.26. The van der Waals surface area contributed by atoms with Crippen LogP contribution in [0.25, 0.3) is 11.1 Å². The normalized spacial score (nSPS) is 12.1. The van der Waals surface area contributed by atoms with E-state index in [9.17, 15) is 12.8 Å². The molecular formula is C27H30FN3O5S. The molecule has 0 aliphatic carbocycles. The number of aromatic nitrogens is 1. The van der Waals surface area contributed by atoms with Gasteiger partial charge in [0.2, 0.25) is 0 Å². The lowest BCUT2D eigenvalue weighted by Gasteiger charge is -2.25. The molecular weight excluding hydrogens is 497 g/mol. The molecule has 4 rings (SSSR count). The monoisotopic (exact) mass is 527 g/mol. The minimum Gasteiger partial charge on any atom is -0.489 e. The molecule has 1 heterocycles. The molecule has 0 radical (unpaired) electrons. The van der Waals surface area contributed by atoms with Crippen molar-refractivity contribution < 1.29 is 26.5 Å². The predicted molar refractivity (Wildman–Crippen MR) is 142 cm³/mol. The van der Waals surface area contributed by atoms with E-state index in [0.717, 1.165) is 11.1 Å². The third kappa shape index (κ3) is 7.88. The van der Waals surface area contributed by atoms with Gasteiger partial charge < -0.3 is 20.2 Å². The fraction of sp³-hybridized carbons (Fsp3) is 0.222. The summed E-state index contributed by atoms with van der Waals surface area (Å²) in [5, 5.41) is 3.32. The first-order chi connectivity index (χ1) is 17.5. The molecule has 37 heavy (non-hydrogen) atoms. The first kappa shape index (κ1) is 27.9. The highest BCUT2D eigenvalue weighted by molar-refractivity contribution is 7.85. The van der Waals surface area contributed by atoms with Gasteiger partial charge in [0.15, 0.2) is 5.58 Å². The van der Waals surface area contributed by atoms with Gasteiger partial charge in [-0.05, 0) is 50.6 Å². The van der Waals surface area contributed by atoms with Crippen LogP contribution in [0.2, 0.25) is 0 Å². The molecule has 1 aromatic heterocycles. The summed E-state index contributed by atoms with van der Waals surface area (Å²) in [6, 6.07) is 21.8. The van der Waals surface area contributed by atoms with Gasteiger partial charge in [-0.2, -0.15) is 13.4 Å². The summed E-state index contributed by atoms with van der Waals surface area (Å²) in [6.45, 7) is 6.17. The van der Waals surface area contributed by atoms with Crippen LogP contribution in [0.5, 0.6) is 5.75 Å². The smallest absolute Gasteiger partial charge is 0.296 e. The standard InChI is InChI=1S/C20H22FN3O2.C7H8O3S/c1-20(2,15-6-4-3-5-7-15)24-19-23-17-9-8-16(10-18(17)26-19)25-13-14(11-21)12-22;1-6-2-4-7(5-3-6)11(8,9)10/h3-11H,12-13,22H2,1-2H3,(H,23,24);2-5H,1H3,(H,8,9,10)/b14-11+;. The SMILES string of the molecule is CC(C)(Nc1nc2ccc(OC/C(=C/F)CN)cc2o1)c1ccccc1.Cc1ccc(S(=O)(=O)O)cc1. The third-order valence-electron chi connectivity index (χ3n) is 5.43. The Balaban J connectivity index is 0.000000289. The van der Waals surface area contributed by atoms with Gasteiger partial charge in [0.25, 0.3) is 16.1 Å². The fourth-order valence-corrected chi connectivity index (χ4v) is 3.74. The zero-order valence-corrected chi connectivity index (χ0v) is 21.6. The van der Waals surface area contributed by atoms with Crippen molar-refractivity contribution in [1.82, 2.24) is 4.98 Å². The molecule has 0 spiro atoms. The number of hydrogen-bond donors (Lipinski definition) is 3. The third-order valence-corrected chi connectivity index (χ3v) is 6.30. The van der Waals surface area contributed by atoms with Crippen molar-refractivity contribution in [1.29, 1.82) is 0 Å². The van der Waals surface area contributed by atoms with Crippen LogP contribution in [0, 0.1) is 6.92 Å².